The monoisotopic (exact) mass is 378 g/mol. The van der Waals surface area contributed by atoms with Crippen LogP contribution in [0.1, 0.15) is 23.2 Å². The first-order valence-electron chi connectivity index (χ1n) is 7.87. The topological polar surface area (TPSA) is 85.4 Å². The van der Waals surface area contributed by atoms with Crippen LogP contribution in [-0.4, -0.2) is 37.8 Å². The molecule has 25 heavy (non-hydrogen) atoms. The lowest BCUT2D eigenvalue weighted by atomic mass is 10.2. The number of benzene rings is 1. The molecule has 0 saturated carbocycles. The number of carbonyl (C=O) groups excluding carboxylic acids is 1. The zero-order chi connectivity index (χ0) is 17.7. The molecule has 132 valence electrons. The van der Waals surface area contributed by atoms with Crippen LogP contribution in [0, 0.1) is 0 Å². The molecule has 1 aromatic carbocycles. The van der Waals surface area contributed by atoms with Crippen LogP contribution in [0.3, 0.4) is 0 Å². The number of nitrogens with one attached hydrogen (secondary N) is 1. The van der Waals surface area contributed by atoms with Gasteiger partial charge in [0.1, 0.15) is 4.90 Å². The first kappa shape index (κ1) is 17.9. The third-order valence-corrected chi connectivity index (χ3v) is 6.27. The van der Waals surface area contributed by atoms with Crippen molar-refractivity contribution in [3.8, 4) is 0 Å². The number of nitrogens with zero attached hydrogens (tertiary/aromatic N) is 1. The van der Waals surface area contributed by atoms with Gasteiger partial charge in [-0.3, -0.25) is 9.78 Å². The minimum absolute atomic E-state index is 0.0483. The first-order chi connectivity index (χ1) is 12.1. The highest BCUT2D eigenvalue weighted by Crippen LogP contribution is 2.27. The number of hydrogen-bond acceptors (Lipinski definition) is 6. The molecule has 1 aliphatic heterocycles. The van der Waals surface area contributed by atoms with E-state index in [4.69, 9.17) is 4.74 Å². The molecule has 1 N–H and O–H groups in total. The van der Waals surface area contributed by atoms with Gasteiger partial charge < -0.3 is 4.74 Å². The Hall–Kier alpha value is -1.90. The van der Waals surface area contributed by atoms with Crippen molar-refractivity contribution >= 4 is 27.7 Å². The highest BCUT2D eigenvalue weighted by atomic mass is 32.2. The van der Waals surface area contributed by atoms with Crippen LogP contribution in [0.5, 0.6) is 0 Å². The van der Waals surface area contributed by atoms with Gasteiger partial charge in [-0.05, 0) is 37.1 Å². The van der Waals surface area contributed by atoms with Gasteiger partial charge in [-0.25, -0.2) is 13.1 Å². The molecule has 1 atom stereocenters. The van der Waals surface area contributed by atoms with Gasteiger partial charge in [0.05, 0.1) is 11.7 Å². The van der Waals surface area contributed by atoms with Crippen molar-refractivity contribution in [3.63, 3.8) is 0 Å². The molecule has 1 aliphatic rings. The second-order valence-electron chi connectivity index (χ2n) is 5.57. The first-order valence-corrected chi connectivity index (χ1v) is 10.3. The molecular formula is C17H18N2O4S2. The minimum Gasteiger partial charge on any atom is -0.377 e. The van der Waals surface area contributed by atoms with Crippen LogP contribution in [0.15, 0.2) is 58.6 Å². The van der Waals surface area contributed by atoms with Crippen molar-refractivity contribution in [2.75, 3.05) is 12.4 Å². The summed E-state index contributed by atoms with van der Waals surface area (Å²) in [7, 11) is -3.95. The Kier molecular flexibility index (Phi) is 5.72. The molecule has 0 bridgehead atoms. The molecule has 8 heteroatoms. The largest absolute Gasteiger partial charge is 0.377 e. The second kappa shape index (κ2) is 7.99. The molecule has 6 nitrogen and oxygen atoms in total. The number of hydrogen-bond donors (Lipinski definition) is 1. The van der Waals surface area contributed by atoms with Crippen LogP contribution < -0.4 is 4.72 Å². The fraction of sp³-hybridized carbons (Fsp3) is 0.294. The number of amides is 1. The zero-order valence-corrected chi connectivity index (χ0v) is 15.1. The van der Waals surface area contributed by atoms with E-state index in [1.54, 1.807) is 12.1 Å². The second-order valence-corrected chi connectivity index (χ2v) is 8.31. The van der Waals surface area contributed by atoms with Crippen LogP contribution in [-0.2, 0) is 14.8 Å². The molecule has 0 unspecified atom stereocenters. The maximum absolute atomic E-state index is 12.5. The average molecular weight is 378 g/mol. The molecule has 1 amide bonds. The lowest BCUT2D eigenvalue weighted by molar-refractivity contribution is 0.0978. The van der Waals surface area contributed by atoms with Gasteiger partial charge in [-0.2, -0.15) is 0 Å². The number of pyridine rings is 1. The average Bonchev–Trinajstić information content (AvgIpc) is 3.14. The van der Waals surface area contributed by atoms with E-state index >= 15 is 0 Å². The predicted octanol–water partition coefficient (Wildman–Crippen LogP) is 2.47. The Labute approximate surface area is 151 Å². The molecule has 1 saturated heterocycles. The van der Waals surface area contributed by atoms with Gasteiger partial charge in [0.25, 0.3) is 15.9 Å². The number of ether oxygens (including phenoxy) is 1. The van der Waals surface area contributed by atoms with Crippen LogP contribution in [0.4, 0.5) is 0 Å². The summed E-state index contributed by atoms with van der Waals surface area (Å²) < 4.78 is 32.3. The minimum atomic E-state index is -3.95. The molecule has 2 heterocycles. The summed E-state index contributed by atoms with van der Waals surface area (Å²) >= 11 is 1.50. The van der Waals surface area contributed by atoms with Crippen molar-refractivity contribution < 1.29 is 17.9 Å². The number of rotatable bonds is 6. The summed E-state index contributed by atoms with van der Waals surface area (Å²) in [5.41, 5.74) is 0.331. The molecule has 0 radical (unpaired) electrons. The third kappa shape index (κ3) is 4.59. The summed E-state index contributed by atoms with van der Waals surface area (Å²) in [6.45, 7) is 0.775. The maximum atomic E-state index is 12.5. The number of sulfonamides is 1. The van der Waals surface area contributed by atoms with E-state index in [-0.39, 0.29) is 11.0 Å². The van der Waals surface area contributed by atoms with Crippen molar-refractivity contribution in [2.45, 2.75) is 28.7 Å². The third-order valence-electron chi connectivity index (χ3n) is 3.75. The quantitative estimate of drug-likeness (QED) is 0.777. The highest BCUT2D eigenvalue weighted by molar-refractivity contribution is 7.99. The van der Waals surface area contributed by atoms with E-state index in [1.165, 1.54) is 36.3 Å². The van der Waals surface area contributed by atoms with E-state index in [9.17, 15) is 13.2 Å². The maximum Gasteiger partial charge on any atom is 0.266 e. The normalized spacial score (nSPS) is 17.4. The van der Waals surface area contributed by atoms with Crippen molar-refractivity contribution in [1.29, 1.82) is 0 Å². The Morgan fingerprint density at radius 1 is 1.28 bits per heavy atom. The van der Waals surface area contributed by atoms with E-state index < -0.39 is 15.9 Å². The predicted molar refractivity (Wildman–Crippen MR) is 95.0 cm³/mol. The Bertz CT molecular complexity index is 835. The molecule has 3 rings (SSSR count). The van der Waals surface area contributed by atoms with Gasteiger partial charge in [-0.15, -0.1) is 11.8 Å². The molecule has 0 aliphatic carbocycles. The van der Waals surface area contributed by atoms with Crippen molar-refractivity contribution in [2.24, 2.45) is 0 Å². The van der Waals surface area contributed by atoms with Gasteiger partial charge in [-0.1, -0.05) is 12.1 Å². The van der Waals surface area contributed by atoms with Crippen molar-refractivity contribution in [1.82, 2.24) is 9.71 Å². The van der Waals surface area contributed by atoms with Crippen LogP contribution >= 0.6 is 11.8 Å². The highest BCUT2D eigenvalue weighted by Gasteiger charge is 2.22. The molecule has 0 spiro atoms. The number of carbonyl (C=O) groups is 1. The fourth-order valence-corrected chi connectivity index (χ4v) is 4.53. The number of thioether (sulfide) groups is 1. The van der Waals surface area contributed by atoms with E-state index in [2.05, 4.69) is 9.71 Å². The molecular weight excluding hydrogens is 360 g/mol. The molecule has 2 aromatic rings. The lowest BCUT2D eigenvalue weighted by Crippen LogP contribution is -2.31. The Balaban J connectivity index is 1.73. The van der Waals surface area contributed by atoms with Gasteiger partial charge in [0, 0.05) is 29.6 Å². The van der Waals surface area contributed by atoms with Crippen molar-refractivity contribution in [3.05, 3.63) is 54.4 Å². The fourth-order valence-electron chi connectivity index (χ4n) is 2.48. The van der Waals surface area contributed by atoms with Crippen LogP contribution in [0.2, 0.25) is 0 Å². The lowest BCUT2D eigenvalue weighted by Gasteiger charge is -2.12. The van der Waals surface area contributed by atoms with Gasteiger partial charge in [0.2, 0.25) is 0 Å². The summed E-state index contributed by atoms with van der Waals surface area (Å²) in [6, 6.07) is 9.86. The standard InChI is InChI=1S/C17H18N2O4S2/c20-17(19-25(21,22)14-6-3-9-18-11-14)15-7-1-2-8-16(15)24-12-13-5-4-10-23-13/h1-3,6-9,11,13H,4-5,10,12H2,(H,19,20)/t13-/m1/s1. The Morgan fingerprint density at radius 2 is 2.12 bits per heavy atom. The van der Waals surface area contributed by atoms with E-state index in [0.717, 1.165) is 30.1 Å². The van der Waals surface area contributed by atoms with Gasteiger partial charge >= 0.3 is 0 Å². The Morgan fingerprint density at radius 3 is 2.84 bits per heavy atom. The smallest absolute Gasteiger partial charge is 0.266 e. The summed E-state index contributed by atoms with van der Waals surface area (Å²) in [6.07, 6.45) is 4.92. The number of aromatic nitrogens is 1. The summed E-state index contributed by atoms with van der Waals surface area (Å²) in [5, 5.41) is 0. The molecule has 1 fully saturated rings. The van der Waals surface area contributed by atoms with Gasteiger partial charge in [0.15, 0.2) is 0 Å². The molecule has 1 aromatic heterocycles. The summed E-state index contributed by atoms with van der Waals surface area (Å²) in [4.78, 5) is 17.0. The SMILES string of the molecule is O=C(NS(=O)(=O)c1cccnc1)c1ccccc1SC[C@H]1CCCO1. The summed E-state index contributed by atoms with van der Waals surface area (Å²) in [5.74, 6) is 0.0823. The van der Waals surface area contributed by atoms with E-state index in [0.29, 0.717) is 5.56 Å². The van der Waals surface area contributed by atoms with Crippen LogP contribution in [0.25, 0.3) is 0 Å². The van der Waals surface area contributed by atoms with E-state index in [1.807, 2.05) is 12.1 Å². The zero-order valence-electron chi connectivity index (χ0n) is 13.4.